The summed E-state index contributed by atoms with van der Waals surface area (Å²) in [5.41, 5.74) is 0.684. The molecule has 0 spiro atoms. The van der Waals surface area contributed by atoms with E-state index in [1.54, 1.807) is 21.1 Å². The first-order valence-electron chi connectivity index (χ1n) is 21.0. The summed E-state index contributed by atoms with van der Waals surface area (Å²) in [5.74, 6) is 0.680. The van der Waals surface area contributed by atoms with Gasteiger partial charge in [-0.2, -0.15) is 0 Å². The molecule has 4 atom stereocenters. The molecule has 0 bridgehead atoms. The van der Waals surface area contributed by atoms with Crippen LogP contribution in [0.3, 0.4) is 0 Å². The second kappa shape index (κ2) is 21.9. The number of methoxy groups -OCH3 is 2. The van der Waals surface area contributed by atoms with Crippen LogP contribution in [0.5, 0.6) is 11.5 Å². The molecule has 0 saturated carbocycles. The van der Waals surface area contributed by atoms with Gasteiger partial charge in [-0.25, -0.2) is 0 Å². The van der Waals surface area contributed by atoms with Crippen molar-refractivity contribution in [2.24, 2.45) is 0 Å². The van der Waals surface area contributed by atoms with E-state index in [9.17, 15) is 24.5 Å². The second-order valence-electron chi connectivity index (χ2n) is 15.9. The van der Waals surface area contributed by atoms with Gasteiger partial charge in [0.25, 0.3) is 0 Å². The molecule has 5 rings (SSSR count). The molecule has 17 heteroatoms. The molecule has 1 saturated heterocycles. The molecule has 16 nitrogen and oxygen atoms in total. The molecule has 0 unspecified atom stereocenters. The summed E-state index contributed by atoms with van der Waals surface area (Å²) in [4.78, 5) is 55.5. The van der Waals surface area contributed by atoms with Crippen LogP contribution in [0.15, 0.2) is 89.9 Å². The zero-order valence-corrected chi connectivity index (χ0v) is 38.5. The second-order valence-corrected chi connectivity index (χ2v) is 18.6. The Kier molecular flexibility index (Phi) is 17.0. The van der Waals surface area contributed by atoms with Gasteiger partial charge in [0.1, 0.15) is 0 Å². The normalized spacial score (nSPS) is 18.0. The third kappa shape index (κ3) is 11.3. The standard InChI is InChI=1S/C46H61N6O10P/c1-30(2)52(31(3)4)63(56,27-13-25-47)62-41-39(61-44(42(41)59-26-24-40(54)48-7)51-28-32(5)43(49-33(6)53)50-45(51)55)29-60-46(34-14-11-10-12-15-34,35-16-20-37(57-8)21-17-35)36-18-22-38(58-9)23-19-36/h10-12,14-23,28,30-31,39,41-42,44,56,63H,13,24,26-27,29H2,1-9H3,(H,48,54)(H,49,50,53,55)/t39-,41-,42-,44-/m1/s1. The first-order valence-corrected chi connectivity index (χ1v) is 23.0. The van der Waals surface area contributed by atoms with E-state index in [4.69, 9.17) is 28.2 Å². The fourth-order valence-corrected chi connectivity index (χ4v) is 11.5. The van der Waals surface area contributed by atoms with Crippen molar-refractivity contribution >= 4 is 25.5 Å². The number of nitriles is 1. The summed E-state index contributed by atoms with van der Waals surface area (Å²) in [6.45, 7) is 10.5. The third-order valence-corrected chi connectivity index (χ3v) is 14.3. The minimum absolute atomic E-state index is 0.00172. The minimum atomic E-state index is -4.08. The molecular weight excluding hydrogens is 828 g/mol. The number of hydrogen-bond donors (Lipinski definition) is 3. The van der Waals surface area contributed by atoms with E-state index < -0.39 is 49.6 Å². The number of aromatic nitrogens is 2. The predicted molar refractivity (Wildman–Crippen MR) is 241 cm³/mol. The van der Waals surface area contributed by atoms with Crippen molar-refractivity contribution < 1.29 is 42.7 Å². The Morgan fingerprint density at radius 2 is 1.52 bits per heavy atom. The molecule has 2 heterocycles. The van der Waals surface area contributed by atoms with Crippen molar-refractivity contribution in [3.8, 4) is 17.6 Å². The van der Waals surface area contributed by atoms with E-state index in [-0.39, 0.29) is 56.0 Å². The Morgan fingerprint density at radius 3 is 2.03 bits per heavy atom. The van der Waals surface area contributed by atoms with Crippen LogP contribution in [0.2, 0.25) is 0 Å². The van der Waals surface area contributed by atoms with Gasteiger partial charge in [0.2, 0.25) is 0 Å². The summed E-state index contributed by atoms with van der Waals surface area (Å²) < 4.78 is 42.0. The molecule has 1 aromatic heterocycles. The molecule has 3 N–H and O–H groups in total. The van der Waals surface area contributed by atoms with E-state index in [1.807, 2.05) is 111 Å². The summed E-state index contributed by atoms with van der Waals surface area (Å²) in [6.07, 6.45) is -3.06. The summed E-state index contributed by atoms with van der Waals surface area (Å²) >= 11 is 0. The predicted octanol–water partition coefficient (Wildman–Crippen LogP) is 5.86. The first kappa shape index (κ1) is 48.8. The van der Waals surface area contributed by atoms with Gasteiger partial charge in [-0.3, -0.25) is 0 Å². The number of rotatable bonds is 21. The van der Waals surface area contributed by atoms with Crippen molar-refractivity contribution in [3.05, 3.63) is 118 Å². The number of carbonyl (C=O) groups excluding carboxylic acids is 2. The fourth-order valence-electron chi connectivity index (χ4n) is 8.21. The van der Waals surface area contributed by atoms with Gasteiger partial charge in [-0.1, -0.05) is 0 Å². The van der Waals surface area contributed by atoms with Crippen LogP contribution in [-0.4, -0.2) is 102 Å². The van der Waals surface area contributed by atoms with Gasteiger partial charge in [-0.15, -0.1) is 0 Å². The Hall–Kier alpha value is -5.24. The van der Waals surface area contributed by atoms with Gasteiger partial charge in [0, 0.05) is 0 Å². The molecule has 1 aliphatic heterocycles. The maximum atomic E-state index is 14.0. The number of carbonyl (C=O) groups is 2. The van der Waals surface area contributed by atoms with Crippen molar-refractivity contribution in [1.29, 1.82) is 5.26 Å². The number of aryl methyl sites for hydroxylation is 1. The van der Waals surface area contributed by atoms with Gasteiger partial charge < -0.3 is 0 Å². The fraction of sp³-hybridized carbons (Fsp3) is 0.457. The molecule has 2 amide bonds. The number of nitrogens with zero attached hydrogens (tertiary/aromatic N) is 4. The van der Waals surface area contributed by atoms with Crippen LogP contribution >= 0.6 is 7.87 Å². The average Bonchev–Trinajstić information content (AvgIpc) is 3.59. The third-order valence-electron chi connectivity index (χ3n) is 10.9. The van der Waals surface area contributed by atoms with E-state index in [0.717, 1.165) is 16.7 Å². The molecular formula is C46H61N6O10P. The molecule has 3 aromatic carbocycles. The van der Waals surface area contributed by atoms with Crippen LogP contribution in [0.25, 0.3) is 0 Å². The Balaban J connectivity index is 1.74. The number of nitrogens with one attached hydrogen (secondary N) is 2. The van der Waals surface area contributed by atoms with E-state index in [0.29, 0.717) is 17.1 Å². The van der Waals surface area contributed by atoms with Gasteiger partial charge >= 0.3 is 371 Å². The van der Waals surface area contributed by atoms with Crippen molar-refractivity contribution in [2.75, 3.05) is 46.0 Å². The number of amides is 2. The molecule has 4 aromatic rings. The molecule has 1 aliphatic rings. The van der Waals surface area contributed by atoms with Gasteiger partial charge in [0.15, 0.2) is 0 Å². The van der Waals surface area contributed by atoms with Crippen LogP contribution in [0, 0.1) is 18.3 Å². The summed E-state index contributed by atoms with van der Waals surface area (Å²) in [5, 5.41) is 15.0. The summed E-state index contributed by atoms with van der Waals surface area (Å²) in [7, 11) is 0.633. The van der Waals surface area contributed by atoms with Crippen LogP contribution in [0.4, 0.5) is 5.82 Å². The zero-order valence-electron chi connectivity index (χ0n) is 37.5. The van der Waals surface area contributed by atoms with Crippen LogP contribution in [-0.2, 0) is 33.9 Å². The number of benzene rings is 3. The number of hydrogen-bond acceptors (Lipinski definition) is 13. The number of ether oxygens (including phenoxy) is 5. The monoisotopic (exact) mass is 888 g/mol. The van der Waals surface area contributed by atoms with Crippen LogP contribution < -0.4 is 25.8 Å². The van der Waals surface area contributed by atoms with Crippen molar-refractivity contribution in [1.82, 2.24) is 19.5 Å². The zero-order chi connectivity index (χ0) is 45.9. The van der Waals surface area contributed by atoms with E-state index >= 15 is 0 Å². The Bertz CT molecular complexity index is 2180. The molecule has 0 radical (unpaired) electrons. The number of anilines is 1. The SMILES string of the molecule is CNC(=O)CCO[C@@H]1[C@H](O[PH](O)(CCC#N)N(C(C)C)C(C)C)[C@@H](COC(c2ccccc2)(c2ccc(OC)cc2)c2ccc(OC)cc2)O[C@H]1n1cc(C)c(NC(C)=O)nc1=O. The van der Waals surface area contributed by atoms with Gasteiger partial charge in [-0.05, 0) is 0 Å². The quantitative estimate of drug-likeness (QED) is 0.0666. The summed E-state index contributed by atoms with van der Waals surface area (Å²) in [6, 6.07) is 26.6. The van der Waals surface area contributed by atoms with Crippen LogP contribution in [0.1, 0.15) is 75.9 Å². The Labute approximate surface area is 370 Å². The molecule has 1 fully saturated rings. The maximum absolute atomic E-state index is 14.0. The Morgan fingerprint density at radius 1 is 0.952 bits per heavy atom. The van der Waals surface area contributed by atoms with E-state index in [1.165, 1.54) is 24.7 Å². The van der Waals surface area contributed by atoms with E-state index in [2.05, 4.69) is 21.7 Å². The first-order chi connectivity index (χ1) is 30.1. The van der Waals surface area contributed by atoms with Crippen molar-refractivity contribution in [2.45, 2.75) is 96.6 Å². The molecule has 0 aliphatic carbocycles. The molecule has 63 heavy (non-hydrogen) atoms. The van der Waals surface area contributed by atoms with Crippen molar-refractivity contribution in [3.63, 3.8) is 0 Å². The van der Waals surface area contributed by atoms with Gasteiger partial charge in [0.05, 0.1) is 0 Å². The average molecular weight is 889 g/mol. The topological polar surface area (TPSA) is 196 Å². The molecule has 340 valence electrons.